The molecule has 0 heterocycles. The molecular formula is C14H23NO5S. The fourth-order valence-corrected chi connectivity index (χ4v) is 1.24. The maximum absolute atomic E-state index is 11.8. The van der Waals surface area contributed by atoms with Crippen molar-refractivity contribution in [3.05, 3.63) is 29.8 Å². The van der Waals surface area contributed by atoms with Gasteiger partial charge in [0.05, 0.1) is 19.9 Å². The van der Waals surface area contributed by atoms with E-state index < -0.39 is 10.1 Å². The highest BCUT2D eigenvalue weighted by molar-refractivity contribution is 7.85. The lowest BCUT2D eigenvalue weighted by atomic mass is 10.1. The molecule has 0 fully saturated rings. The minimum Gasteiger partial charge on any atom is -0.497 e. The van der Waals surface area contributed by atoms with E-state index >= 15 is 0 Å². The largest absolute Gasteiger partial charge is 0.497 e. The van der Waals surface area contributed by atoms with Gasteiger partial charge in [0.15, 0.2) is 5.78 Å². The summed E-state index contributed by atoms with van der Waals surface area (Å²) >= 11 is 0. The molecule has 0 aliphatic rings. The average Bonchev–Trinajstić information content (AvgIpc) is 2.33. The van der Waals surface area contributed by atoms with Gasteiger partial charge in [-0.05, 0) is 32.9 Å². The lowest BCUT2D eigenvalue weighted by molar-refractivity contribution is 0.0981. The molecule has 0 unspecified atom stereocenters. The molecule has 1 rings (SSSR count). The minimum absolute atomic E-state index is 0.0471. The van der Waals surface area contributed by atoms with Crippen molar-refractivity contribution in [2.24, 2.45) is 0 Å². The number of ether oxygens (including phenoxy) is 1. The molecule has 0 spiro atoms. The Labute approximate surface area is 126 Å². The van der Waals surface area contributed by atoms with Crippen molar-refractivity contribution >= 4 is 15.9 Å². The third-order valence-electron chi connectivity index (χ3n) is 2.17. The number of hydrogen-bond donors (Lipinski definition) is 2. The van der Waals surface area contributed by atoms with Gasteiger partial charge in [-0.15, -0.1) is 0 Å². The molecule has 0 aromatic heterocycles. The first-order chi connectivity index (χ1) is 9.42. The number of hydrogen-bond acceptors (Lipinski definition) is 5. The van der Waals surface area contributed by atoms with Crippen molar-refractivity contribution in [1.82, 2.24) is 5.32 Å². The molecular weight excluding hydrogens is 294 g/mol. The topological polar surface area (TPSA) is 92.7 Å². The number of carbonyl (C=O) groups is 1. The van der Waals surface area contributed by atoms with Crippen LogP contribution in [0.2, 0.25) is 0 Å². The van der Waals surface area contributed by atoms with Crippen molar-refractivity contribution in [3.63, 3.8) is 0 Å². The van der Waals surface area contributed by atoms with E-state index in [1.807, 2.05) is 32.9 Å². The van der Waals surface area contributed by atoms with Crippen LogP contribution in [-0.4, -0.2) is 44.2 Å². The molecule has 2 N–H and O–H groups in total. The minimum atomic E-state index is -3.67. The summed E-state index contributed by atoms with van der Waals surface area (Å²) in [7, 11) is -2.07. The number of methoxy groups -OCH3 is 1. The molecule has 1 aromatic rings. The maximum Gasteiger partial charge on any atom is 0.261 e. The van der Waals surface area contributed by atoms with Gasteiger partial charge in [0.2, 0.25) is 0 Å². The molecule has 0 aliphatic heterocycles. The summed E-state index contributed by atoms with van der Waals surface area (Å²) in [5.74, 6) is 0.787. The number of rotatable bonds is 4. The highest BCUT2D eigenvalue weighted by atomic mass is 32.2. The summed E-state index contributed by atoms with van der Waals surface area (Å²) in [5, 5.41) is 3.17. The van der Waals surface area contributed by atoms with Crippen molar-refractivity contribution in [2.45, 2.75) is 26.3 Å². The van der Waals surface area contributed by atoms with Crippen LogP contribution in [0.4, 0.5) is 0 Å². The Morgan fingerprint density at radius 3 is 2.29 bits per heavy atom. The standard InChI is InChI=1S/C13H19NO2.CH4O3S/c1-13(2,3)14-9-12(15)10-6-5-7-11(8-10)16-4;1-5(2,3)4/h5-8,14H,9H2,1-4H3;1H3,(H,2,3,4). The molecule has 120 valence electrons. The molecule has 21 heavy (non-hydrogen) atoms. The zero-order valence-corrected chi connectivity index (χ0v) is 13.8. The van der Waals surface area contributed by atoms with E-state index in [0.29, 0.717) is 24.1 Å². The Balaban J connectivity index is 0.000000690. The second kappa shape index (κ2) is 8.11. The lowest BCUT2D eigenvalue weighted by Crippen LogP contribution is -2.39. The van der Waals surface area contributed by atoms with E-state index in [1.54, 1.807) is 19.2 Å². The first-order valence-electron chi connectivity index (χ1n) is 6.27. The van der Waals surface area contributed by atoms with E-state index in [-0.39, 0.29) is 11.3 Å². The van der Waals surface area contributed by atoms with Crippen LogP contribution < -0.4 is 10.1 Å². The maximum atomic E-state index is 11.8. The predicted octanol–water partition coefficient (Wildman–Crippen LogP) is 1.77. The first kappa shape index (κ1) is 19.6. The Bertz CT molecular complexity index is 553. The van der Waals surface area contributed by atoms with Crippen LogP contribution in [0.15, 0.2) is 24.3 Å². The normalized spacial score (nSPS) is 11.3. The van der Waals surface area contributed by atoms with Crippen LogP contribution in [0, 0.1) is 0 Å². The van der Waals surface area contributed by atoms with Crippen LogP contribution in [0.1, 0.15) is 31.1 Å². The molecule has 6 nitrogen and oxygen atoms in total. The van der Waals surface area contributed by atoms with Gasteiger partial charge in [-0.25, -0.2) is 0 Å². The molecule has 7 heteroatoms. The highest BCUT2D eigenvalue weighted by Crippen LogP contribution is 2.13. The second-order valence-corrected chi connectivity index (χ2v) is 6.96. The van der Waals surface area contributed by atoms with Crippen molar-refractivity contribution in [2.75, 3.05) is 19.9 Å². The van der Waals surface area contributed by atoms with Gasteiger partial charge in [-0.1, -0.05) is 12.1 Å². The number of ketones is 1. The van der Waals surface area contributed by atoms with Crippen LogP contribution in [-0.2, 0) is 10.1 Å². The van der Waals surface area contributed by atoms with E-state index in [4.69, 9.17) is 9.29 Å². The van der Waals surface area contributed by atoms with Crippen LogP contribution in [0.25, 0.3) is 0 Å². The molecule has 0 amide bonds. The SMILES string of the molecule is COc1cccc(C(=O)CNC(C)(C)C)c1.CS(=O)(=O)O. The molecule has 0 aliphatic carbocycles. The summed E-state index contributed by atoms with van der Waals surface area (Å²) in [4.78, 5) is 11.8. The molecule has 0 saturated heterocycles. The van der Waals surface area contributed by atoms with Gasteiger partial charge >= 0.3 is 0 Å². The fourth-order valence-electron chi connectivity index (χ4n) is 1.24. The summed E-state index contributed by atoms with van der Waals surface area (Å²) in [6.07, 6.45) is 0.715. The number of nitrogens with one attached hydrogen (secondary N) is 1. The molecule has 1 aromatic carbocycles. The Hall–Kier alpha value is -1.44. The van der Waals surface area contributed by atoms with Gasteiger partial charge in [0.25, 0.3) is 10.1 Å². The Kier molecular flexibility index (Phi) is 7.56. The first-order valence-corrected chi connectivity index (χ1v) is 8.12. The third-order valence-corrected chi connectivity index (χ3v) is 2.17. The van der Waals surface area contributed by atoms with E-state index in [1.165, 1.54) is 0 Å². The van der Waals surface area contributed by atoms with E-state index in [0.717, 1.165) is 0 Å². The van der Waals surface area contributed by atoms with Gasteiger partial charge in [0, 0.05) is 11.1 Å². The quantitative estimate of drug-likeness (QED) is 0.649. The van der Waals surface area contributed by atoms with Crippen LogP contribution in [0.5, 0.6) is 5.75 Å². The number of carbonyl (C=O) groups excluding carboxylic acids is 1. The second-order valence-electron chi connectivity index (χ2n) is 5.49. The summed E-state index contributed by atoms with van der Waals surface area (Å²) < 4.78 is 30.9. The average molecular weight is 317 g/mol. The summed E-state index contributed by atoms with van der Waals surface area (Å²) in [6, 6.07) is 7.21. The van der Waals surface area contributed by atoms with Crippen molar-refractivity contribution in [3.8, 4) is 5.75 Å². The lowest BCUT2D eigenvalue weighted by Gasteiger charge is -2.19. The fraction of sp³-hybridized carbons (Fsp3) is 0.500. The Morgan fingerprint density at radius 1 is 1.33 bits per heavy atom. The molecule has 0 bridgehead atoms. The molecule has 0 radical (unpaired) electrons. The number of benzene rings is 1. The van der Waals surface area contributed by atoms with Gasteiger partial charge in [-0.2, -0.15) is 8.42 Å². The smallest absolute Gasteiger partial charge is 0.261 e. The Morgan fingerprint density at radius 2 is 1.86 bits per heavy atom. The van der Waals surface area contributed by atoms with Crippen LogP contribution in [0.3, 0.4) is 0 Å². The van der Waals surface area contributed by atoms with Gasteiger partial charge < -0.3 is 10.1 Å². The summed E-state index contributed by atoms with van der Waals surface area (Å²) in [6.45, 7) is 6.44. The van der Waals surface area contributed by atoms with E-state index in [2.05, 4.69) is 5.32 Å². The number of Topliss-reactive ketones (excluding diaryl/α,β-unsaturated/α-hetero) is 1. The zero-order chi connectivity index (χ0) is 16.7. The monoisotopic (exact) mass is 317 g/mol. The molecule has 0 atom stereocenters. The zero-order valence-electron chi connectivity index (χ0n) is 13.0. The van der Waals surface area contributed by atoms with Gasteiger partial charge in [-0.3, -0.25) is 9.35 Å². The van der Waals surface area contributed by atoms with Gasteiger partial charge in [0.1, 0.15) is 5.75 Å². The van der Waals surface area contributed by atoms with Crippen molar-refractivity contribution in [1.29, 1.82) is 0 Å². The highest BCUT2D eigenvalue weighted by Gasteiger charge is 2.12. The van der Waals surface area contributed by atoms with Crippen molar-refractivity contribution < 1.29 is 22.5 Å². The molecule has 0 saturated carbocycles. The van der Waals surface area contributed by atoms with E-state index in [9.17, 15) is 13.2 Å². The summed E-state index contributed by atoms with van der Waals surface area (Å²) in [5.41, 5.74) is 0.630. The van der Waals surface area contributed by atoms with Crippen LogP contribution >= 0.6 is 0 Å². The third kappa shape index (κ3) is 12.0. The predicted molar refractivity (Wildman–Crippen MR) is 82.6 cm³/mol.